The van der Waals surface area contributed by atoms with Crippen molar-refractivity contribution in [1.29, 1.82) is 0 Å². The van der Waals surface area contributed by atoms with Gasteiger partial charge in [0.1, 0.15) is 0 Å². The molecule has 1 heterocycles. The average molecular weight is 312 g/mol. The number of carbonyl (C=O) groups is 1. The summed E-state index contributed by atoms with van der Waals surface area (Å²) in [6, 6.07) is 22.9. The van der Waals surface area contributed by atoms with E-state index in [1.807, 2.05) is 72.8 Å². The fourth-order valence-electron chi connectivity index (χ4n) is 3.00. The molecule has 2 N–H and O–H groups in total. The van der Waals surface area contributed by atoms with Crippen LogP contribution in [0.1, 0.15) is 21.5 Å². The molecule has 0 spiro atoms. The molecule has 24 heavy (non-hydrogen) atoms. The fraction of sp³-hybridized carbons (Fsp3) is 0. The van der Waals surface area contributed by atoms with Gasteiger partial charge in [0.25, 0.3) is 5.91 Å². The highest BCUT2D eigenvalue weighted by Crippen LogP contribution is 2.37. The lowest BCUT2D eigenvalue weighted by atomic mass is 10.1. The third-order valence-electron chi connectivity index (χ3n) is 4.19. The highest BCUT2D eigenvalue weighted by Gasteiger charge is 2.25. The molecular formula is C21H16N2O. The maximum Gasteiger partial charge on any atom is 0.264 e. The lowest BCUT2D eigenvalue weighted by Crippen LogP contribution is -2.27. The molecule has 1 amide bonds. The topological polar surface area (TPSA) is 46.3 Å². The van der Waals surface area contributed by atoms with Crippen LogP contribution in [-0.2, 0) is 0 Å². The van der Waals surface area contributed by atoms with Crippen LogP contribution in [0.3, 0.4) is 0 Å². The van der Waals surface area contributed by atoms with Crippen LogP contribution in [0.15, 0.2) is 72.8 Å². The van der Waals surface area contributed by atoms with E-state index in [-0.39, 0.29) is 5.91 Å². The van der Waals surface area contributed by atoms with Crippen molar-refractivity contribution in [2.45, 2.75) is 0 Å². The summed E-state index contributed by atoms with van der Waals surface area (Å²) in [6.45, 7) is 0. The molecule has 0 aromatic heterocycles. The smallest absolute Gasteiger partial charge is 0.264 e. The van der Waals surface area contributed by atoms with Crippen molar-refractivity contribution in [2.24, 2.45) is 0 Å². The summed E-state index contributed by atoms with van der Waals surface area (Å²) in [7, 11) is 0. The van der Waals surface area contributed by atoms with Crippen LogP contribution in [0.4, 0.5) is 17.1 Å². The second-order valence-corrected chi connectivity index (χ2v) is 5.68. The first kappa shape index (κ1) is 14.3. The zero-order valence-electron chi connectivity index (χ0n) is 13.0. The van der Waals surface area contributed by atoms with Crippen LogP contribution in [0.2, 0.25) is 0 Å². The van der Waals surface area contributed by atoms with Gasteiger partial charge in [-0.05, 0) is 35.4 Å². The normalized spacial score (nSPS) is 12.2. The summed E-state index contributed by atoms with van der Waals surface area (Å²) in [5.74, 6) is -0.128. The minimum absolute atomic E-state index is 0.128. The van der Waals surface area contributed by atoms with Crippen LogP contribution in [0.5, 0.6) is 0 Å². The van der Waals surface area contributed by atoms with E-state index in [9.17, 15) is 4.79 Å². The number of para-hydroxylation sites is 3. The highest BCUT2D eigenvalue weighted by atomic mass is 16.2. The predicted octanol–water partition coefficient (Wildman–Crippen LogP) is 4.73. The van der Waals surface area contributed by atoms with Crippen molar-refractivity contribution in [1.82, 2.24) is 0 Å². The first-order valence-corrected chi connectivity index (χ1v) is 7.81. The van der Waals surface area contributed by atoms with Crippen LogP contribution in [0, 0.1) is 0 Å². The van der Waals surface area contributed by atoms with Gasteiger partial charge in [-0.3, -0.25) is 9.69 Å². The molecule has 0 bridgehead atoms. The van der Waals surface area contributed by atoms with Gasteiger partial charge in [-0.2, -0.15) is 0 Å². The lowest BCUT2D eigenvalue weighted by Gasteiger charge is -2.25. The molecular weight excluding hydrogens is 296 g/mol. The zero-order valence-corrected chi connectivity index (χ0v) is 13.0. The van der Waals surface area contributed by atoms with Crippen LogP contribution in [-0.4, -0.2) is 5.91 Å². The Morgan fingerprint density at radius 1 is 0.708 bits per heavy atom. The number of rotatable bonds is 1. The molecule has 0 atom stereocenters. The minimum Gasteiger partial charge on any atom is -0.398 e. The number of anilines is 3. The number of fused-ring (bicyclic) bond motifs is 2. The largest absolute Gasteiger partial charge is 0.398 e. The van der Waals surface area contributed by atoms with E-state index < -0.39 is 0 Å². The Balaban J connectivity index is 1.96. The highest BCUT2D eigenvalue weighted by molar-refractivity contribution is 6.16. The van der Waals surface area contributed by atoms with Gasteiger partial charge in [-0.25, -0.2) is 0 Å². The van der Waals surface area contributed by atoms with Crippen molar-refractivity contribution in [2.75, 3.05) is 10.6 Å². The molecule has 0 radical (unpaired) electrons. The van der Waals surface area contributed by atoms with E-state index in [2.05, 4.69) is 0 Å². The van der Waals surface area contributed by atoms with Gasteiger partial charge in [0.15, 0.2) is 0 Å². The molecule has 0 saturated heterocycles. The van der Waals surface area contributed by atoms with Gasteiger partial charge >= 0.3 is 0 Å². The molecule has 0 fully saturated rings. The van der Waals surface area contributed by atoms with E-state index >= 15 is 0 Å². The van der Waals surface area contributed by atoms with Crippen LogP contribution >= 0.6 is 0 Å². The Kier molecular flexibility index (Phi) is 3.39. The van der Waals surface area contributed by atoms with Gasteiger partial charge < -0.3 is 5.73 Å². The summed E-state index contributed by atoms with van der Waals surface area (Å²) in [4.78, 5) is 15.1. The quantitative estimate of drug-likeness (QED) is 0.660. The molecule has 1 aliphatic heterocycles. The minimum atomic E-state index is -0.128. The first-order chi connectivity index (χ1) is 11.8. The predicted molar refractivity (Wildman–Crippen MR) is 99.1 cm³/mol. The molecule has 0 aliphatic carbocycles. The van der Waals surface area contributed by atoms with Crippen LogP contribution < -0.4 is 10.6 Å². The molecule has 3 aromatic carbocycles. The van der Waals surface area contributed by atoms with Crippen LogP contribution in [0.25, 0.3) is 12.2 Å². The van der Waals surface area contributed by atoms with E-state index in [0.717, 1.165) is 22.5 Å². The summed E-state index contributed by atoms with van der Waals surface area (Å²) in [6.07, 6.45) is 4.07. The summed E-state index contributed by atoms with van der Waals surface area (Å²) < 4.78 is 0. The third-order valence-corrected chi connectivity index (χ3v) is 4.19. The lowest BCUT2D eigenvalue weighted by molar-refractivity contribution is 0.1000. The molecule has 4 rings (SSSR count). The maximum atomic E-state index is 13.3. The van der Waals surface area contributed by atoms with Gasteiger partial charge in [0, 0.05) is 5.69 Å². The van der Waals surface area contributed by atoms with E-state index in [1.54, 1.807) is 17.0 Å². The van der Waals surface area contributed by atoms with Crippen molar-refractivity contribution in [3.8, 4) is 0 Å². The summed E-state index contributed by atoms with van der Waals surface area (Å²) in [5, 5.41) is 0. The number of nitrogen functional groups attached to an aromatic ring is 1. The average Bonchev–Trinajstić information content (AvgIpc) is 2.78. The van der Waals surface area contributed by atoms with E-state index in [0.29, 0.717) is 11.3 Å². The summed E-state index contributed by atoms with van der Waals surface area (Å²) in [5.41, 5.74) is 10.7. The Labute approximate surface area is 140 Å². The number of nitrogens with zero attached hydrogens (tertiary/aromatic N) is 1. The van der Waals surface area contributed by atoms with E-state index in [4.69, 9.17) is 5.73 Å². The fourth-order valence-corrected chi connectivity index (χ4v) is 3.00. The van der Waals surface area contributed by atoms with Gasteiger partial charge in [-0.1, -0.05) is 60.7 Å². The van der Waals surface area contributed by atoms with Gasteiger partial charge in [0.05, 0.1) is 16.9 Å². The number of benzene rings is 3. The van der Waals surface area contributed by atoms with Crippen molar-refractivity contribution in [3.05, 3.63) is 89.5 Å². The first-order valence-electron chi connectivity index (χ1n) is 7.81. The number of carbonyl (C=O) groups excluding carboxylic acids is 1. The Hall–Kier alpha value is -3.33. The number of amides is 1. The molecule has 0 unspecified atom stereocenters. The monoisotopic (exact) mass is 312 g/mol. The standard InChI is InChI=1S/C21H16N2O/c22-18-10-4-3-9-17(18)21(24)23-19-11-5-1-7-15(19)13-14-16-8-2-6-12-20(16)23/h1-14H,22H2. The molecule has 1 aliphatic rings. The molecule has 3 heteroatoms. The second kappa shape index (κ2) is 5.70. The van der Waals surface area contributed by atoms with Gasteiger partial charge in [0.2, 0.25) is 0 Å². The summed E-state index contributed by atoms with van der Waals surface area (Å²) >= 11 is 0. The van der Waals surface area contributed by atoms with Crippen molar-refractivity contribution in [3.63, 3.8) is 0 Å². The Morgan fingerprint density at radius 2 is 1.21 bits per heavy atom. The Morgan fingerprint density at radius 3 is 1.79 bits per heavy atom. The number of hydrogen-bond acceptors (Lipinski definition) is 2. The van der Waals surface area contributed by atoms with Crippen molar-refractivity contribution < 1.29 is 4.79 Å². The maximum absolute atomic E-state index is 13.3. The Bertz CT molecular complexity index is 910. The zero-order chi connectivity index (χ0) is 16.5. The molecule has 0 saturated carbocycles. The van der Waals surface area contributed by atoms with Gasteiger partial charge in [-0.15, -0.1) is 0 Å². The number of hydrogen-bond donors (Lipinski definition) is 1. The SMILES string of the molecule is Nc1ccccc1C(=O)N1c2ccccc2C=Cc2ccccc21. The third kappa shape index (κ3) is 2.27. The molecule has 3 aromatic rings. The molecule has 3 nitrogen and oxygen atoms in total. The number of nitrogens with two attached hydrogens (primary N) is 1. The molecule has 116 valence electrons. The second-order valence-electron chi connectivity index (χ2n) is 5.68. The van der Waals surface area contributed by atoms with E-state index in [1.165, 1.54) is 0 Å². The van der Waals surface area contributed by atoms with Crippen molar-refractivity contribution >= 4 is 35.1 Å².